The minimum absolute atomic E-state index is 0.108. The van der Waals surface area contributed by atoms with Gasteiger partial charge >= 0.3 is 0 Å². The lowest BCUT2D eigenvalue weighted by Crippen LogP contribution is -2.22. The van der Waals surface area contributed by atoms with Crippen LogP contribution in [0.1, 0.15) is 59.9 Å². The molecule has 2 aromatic carbocycles. The van der Waals surface area contributed by atoms with Crippen LogP contribution in [-0.2, 0) is 6.42 Å². The first-order valence-corrected chi connectivity index (χ1v) is 10.5. The number of benzene rings is 2. The number of hydrogen-bond donors (Lipinski definition) is 2. The van der Waals surface area contributed by atoms with E-state index in [1.807, 2.05) is 24.3 Å². The first kappa shape index (κ1) is 19.2. The van der Waals surface area contributed by atoms with E-state index in [4.69, 9.17) is 23.8 Å². The highest BCUT2D eigenvalue weighted by molar-refractivity contribution is 7.71. The van der Waals surface area contributed by atoms with Gasteiger partial charge in [0.1, 0.15) is 0 Å². The van der Waals surface area contributed by atoms with E-state index in [0.717, 1.165) is 42.5 Å². The summed E-state index contributed by atoms with van der Waals surface area (Å²) in [7, 11) is 0. The van der Waals surface area contributed by atoms with Gasteiger partial charge in [0.2, 0.25) is 0 Å². The number of rotatable bonds is 4. The molecule has 0 saturated heterocycles. The van der Waals surface area contributed by atoms with Crippen molar-refractivity contribution in [1.82, 2.24) is 9.97 Å². The van der Waals surface area contributed by atoms with Crippen molar-refractivity contribution in [2.24, 2.45) is 0 Å². The highest BCUT2D eigenvalue weighted by Crippen LogP contribution is 2.40. The second-order valence-corrected chi connectivity index (χ2v) is 8.34. The van der Waals surface area contributed by atoms with Gasteiger partial charge in [-0.05, 0) is 66.9 Å². The summed E-state index contributed by atoms with van der Waals surface area (Å²) >= 11 is 11.6. The zero-order chi connectivity index (χ0) is 19.5. The molecule has 1 aliphatic rings. The molecule has 0 bridgehead atoms. The predicted molar refractivity (Wildman–Crippen MR) is 117 cm³/mol. The van der Waals surface area contributed by atoms with Crippen LogP contribution >= 0.6 is 23.8 Å². The molecular weight excluding hydrogens is 388 g/mol. The van der Waals surface area contributed by atoms with Crippen molar-refractivity contribution < 1.29 is 0 Å². The highest BCUT2D eigenvalue weighted by atomic mass is 35.5. The molecule has 5 heteroatoms. The monoisotopic (exact) mass is 410 g/mol. The van der Waals surface area contributed by atoms with Crippen LogP contribution in [0.15, 0.2) is 59.4 Å². The largest absolute Gasteiger partial charge is 0.335 e. The van der Waals surface area contributed by atoms with Crippen molar-refractivity contribution in [3.63, 3.8) is 0 Å². The molecule has 0 unspecified atom stereocenters. The van der Waals surface area contributed by atoms with Crippen molar-refractivity contribution >= 4 is 23.8 Å². The zero-order valence-corrected chi connectivity index (χ0v) is 17.2. The molecule has 1 aliphatic carbocycles. The van der Waals surface area contributed by atoms with Gasteiger partial charge in [0, 0.05) is 22.7 Å². The average molecular weight is 411 g/mol. The molecule has 4 rings (SSSR count). The summed E-state index contributed by atoms with van der Waals surface area (Å²) in [5, 5.41) is 0.683. The summed E-state index contributed by atoms with van der Waals surface area (Å²) in [6.07, 6.45) is 4.84. The SMILES string of the molecule is O=c1[nH]c(=S)[nH]c(C2CCC(c3ccccc3)CC2)c1Cc1ccccc1Cl. The predicted octanol–water partition coefficient (Wildman–Crippen LogP) is 6.12. The molecule has 0 atom stereocenters. The van der Waals surface area contributed by atoms with E-state index >= 15 is 0 Å². The second-order valence-electron chi connectivity index (χ2n) is 7.53. The third kappa shape index (κ3) is 4.13. The van der Waals surface area contributed by atoms with Gasteiger partial charge in [-0.25, -0.2) is 0 Å². The minimum Gasteiger partial charge on any atom is -0.335 e. The normalized spacial score (nSPS) is 19.5. The lowest BCUT2D eigenvalue weighted by atomic mass is 9.76. The Balaban J connectivity index is 1.60. The highest BCUT2D eigenvalue weighted by Gasteiger charge is 2.26. The van der Waals surface area contributed by atoms with Crippen molar-refractivity contribution in [3.8, 4) is 0 Å². The fourth-order valence-corrected chi connectivity index (χ4v) is 4.73. The van der Waals surface area contributed by atoms with Crippen LogP contribution in [0.4, 0.5) is 0 Å². The molecule has 0 aliphatic heterocycles. The van der Waals surface area contributed by atoms with E-state index in [1.54, 1.807) is 0 Å². The van der Waals surface area contributed by atoms with Gasteiger partial charge < -0.3 is 4.98 Å². The van der Waals surface area contributed by atoms with Crippen LogP contribution in [0.2, 0.25) is 5.02 Å². The van der Waals surface area contributed by atoms with Gasteiger partial charge in [0.25, 0.3) is 5.56 Å². The molecule has 0 radical (unpaired) electrons. The van der Waals surface area contributed by atoms with Crippen LogP contribution in [-0.4, -0.2) is 9.97 Å². The van der Waals surface area contributed by atoms with E-state index in [2.05, 4.69) is 40.3 Å². The molecule has 0 spiro atoms. The lowest BCUT2D eigenvalue weighted by molar-refractivity contribution is 0.389. The van der Waals surface area contributed by atoms with Gasteiger partial charge in [-0.3, -0.25) is 9.78 Å². The fraction of sp³-hybridized carbons (Fsp3) is 0.304. The Labute approximate surface area is 174 Å². The van der Waals surface area contributed by atoms with Gasteiger partial charge in [0.05, 0.1) is 0 Å². The number of H-pyrrole nitrogens is 2. The van der Waals surface area contributed by atoms with Crippen LogP contribution in [0.25, 0.3) is 0 Å². The molecule has 1 fully saturated rings. The van der Waals surface area contributed by atoms with E-state index in [-0.39, 0.29) is 5.56 Å². The second kappa shape index (κ2) is 8.46. The van der Waals surface area contributed by atoms with E-state index < -0.39 is 0 Å². The molecule has 3 aromatic rings. The van der Waals surface area contributed by atoms with Gasteiger partial charge in [0.15, 0.2) is 4.77 Å². The number of aromatic amines is 2. The number of halogens is 1. The Morgan fingerprint density at radius 3 is 2.25 bits per heavy atom. The Morgan fingerprint density at radius 1 is 0.893 bits per heavy atom. The van der Waals surface area contributed by atoms with Crippen molar-refractivity contribution in [2.45, 2.75) is 43.9 Å². The summed E-state index contributed by atoms with van der Waals surface area (Å²) in [5.41, 5.74) is 4.00. The van der Waals surface area contributed by atoms with E-state index in [9.17, 15) is 4.79 Å². The summed E-state index contributed by atoms with van der Waals surface area (Å²) in [6.45, 7) is 0. The van der Waals surface area contributed by atoms with Crippen LogP contribution < -0.4 is 5.56 Å². The van der Waals surface area contributed by atoms with Crippen LogP contribution in [0.5, 0.6) is 0 Å². The summed E-state index contributed by atoms with van der Waals surface area (Å²) < 4.78 is 0.396. The first-order valence-electron chi connectivity index (χ1n) is 9.75. The summed E-state index contributed by atoms with van der Waals surface area (Å²) in [6, 6.07) is 18.4. The van der Waals surface area contributed by atoms with Crippen LogP contribution in [0.3, 0.4) is 0 Å². The molecule has 3 nitrogen and oxygen atoms in total. The van der Waals surface area contributed by atoms with Gasteiger partial charge in [-0.1, -0.05) is 60.1 Å². The molecule has 1 aromatic heterocycles. The Bertz CT molecular complexity index is 1070. The molecule has 1 heterocycles. The van der Waals surface area contributed by atoms with Crippen molar-refractivity contribution in [3.05, 3.63) is 97.1 Å². The third-order valence-corrected chi connectivity index (χ3v) is 6.38. The minimum atomic E-state index is -0.108. The number of aromatic nitrogens is 2. The number of nitrogens with one attached hydrogen (secondary N) is 2. The molecule has 0 amide bonds. The zero-order valence-electron chi connectivity index (χ0n) is 15.6. The smallest absolute Gasteiger partial charge is 0.255 e. The molecule has 1 saturated carbocycles. The topological polar surface area (TPSA) is 48.6 Å². The molecule has 28 heavy (non-hydrogen) atoms. The van der Waals surface area contributed by atoms with Crippen LogP contribution in [0, 0.1) is 4.77 Å². The quantitative estimate of drug-likeness (QED) is 0.509. The van der Waals surface area contributed by atoms with E-state index in [1.165, 1.54) is 5.56 Å². The maximum absolute atomic E-state index is 12.7. The lowest BCUT2D eigenvalue weighted by Gasteiger charge is -2.30. The molecule has 144 valence electrons. The Hall–Kier alpha value is -2.17. The molecule has 2 N–H and O–H groups in total. The average Bonchev–Trinajstić information content (AvgIpc) is 2.72. The maximum Gasteiger partial charge on any atom is 0.255 e. The van der Waals surface area contributed by atoms with Gasteiger partial charge in [-0.15, -0.1) is 0 Å². The van der Waals surface area contributed by atoms with Crippen molar-refractivity contribution in [2.75, 3.05) is 0 Å². The summed E-state index contributed by atoms with van der Waals surface area (Å²) in [4.78, 5) is 18.8. The molecular formula is C23H23ClN2OS. The van der Waals surface area contributed by atoms with Gasteiger partial charge in [-0.2, -0.15) is 0 Å². The van der Waals surface area contributed by atoms with Crippen molar-refractivity contribution in [1.29, 1.82) is 0 Å². The summed E-state index contributed by atoms with van der Waals surface area (Å²) in [5.74, 6) is 0.913. The Morgan fingerprint density at radius 2 is 1.54 bits per heavy atom. The standard InChI is InChI=1S/C23H23ClN2OS/c24-20-9-5-4-8-18(20)14-19-21(25-23(28)26-22(19)27)17-12-10-16(11-13-17)15-6-2-1-3-7-15/h1-9,16-17H,10-14H2,(H2,25,26,27,28). The Kier molecular flexibility index (Phi) is 5.79. The first-order chi connectivity index (χ1) is 13.6. The third-order valence-electron chi connectivity index (χ3n) is 5.81. The fourth-order valence-electron chi connectivity index (χ4n) is 4.33. The van der Waals surface area contributed by atoms with E-state index in [0.29, 0.717) is 28.1 Å². The maximum atomic E-state index is 12.7. The number of hydrogen-bond acceptors (Lipinski definition) is 2.